The Labute approximate surface area is 97.5 Å². The van der Waals surface area contributed by atoms with Crippen molar-refractivity contribution in [1.29, 1.82) is 0 Å². The lowest BCUT2D eigenvalue weighted by molar-refractivity contribution is 0.242. The number of benzene rings is 1. The first-order chi connectivity index (χ1) is 6.63. The Balaban J connectivity index is 0.00000196. The van der Waals surface area contributed by atoms with Gasteiger partial charge in [-0.25, -0.2) is 0 Å². The smallest absolute Gasteiger partial charge is 0.119 e. The predicted octanol–water partition coefficient (Wildman–Crippen LogP) is 3.08. The summed E-state index contributed by atoms with van der Waals surface area (Å²) in [5.41, 5.74) is 6.84. The molecule has 0 aliphatic carbocycles. The summed E-state index contributed by atoms with van der Waals surface area (Å²) in [5.74, 6) is 0.875. The number of halogens is 1. The zero-order valence-electron chi connectivity index (χ0n) is 9.14. The topological polar surface area (TPSA) is 35.2 Å². The summed E-state index contributed by atoms with van der Waals surface area (Å²) in [4.78, 5) is 0. The summed E-state index contributed by atoms with van der Waals surface area (Å²) in [6.45, 7) is 7.66. The van der Waals surface area contributed by atoms with Crippen LogP contribution in [-0.4, -0.2) is 6.10 Å². The maximum absolute atomic E-state index is 5.79. The maximum atomic E-state index is 5.79. The van der Waals surface area contributed by atoms with Gasteiger partial charge in [-0.15, -0.1) is 19.0 Å². The molecule has 0 aliphatic rings. The predicted molar refractivity (Wildman–Crippen MR) is 66.6 cm³/mol. The minimum Gasteiger partial charge on any atom is -0.491 e. The molecule has 1 aromatic rings. The van der Waals surface area contributed by atoms with Gasteiger partial charge >= 0.3 is 0 Å². The Hall–Kier alpha value is -0.990. The van der Waals surface area contributed by atoms with Gasteiger partial charge in [0.05, 0.1) is 6.10 Å². The van der Waals surface area contributed by atoms with Crippen molar-refractivity contribution >= 4 is 12.4 Å². The fraction of sp³-hybridized carbons (Fsp3) is 0.333. The fourth-order valence-corrected chi connectivity index (χ4v) is 1.18. The summed E-state index contributed by atoms with van der Waals surface area (Å²) in [6.07, 6.45) is 1.92. The van der Waals surface area contributed by atoms with Crippen LogP contribution in [0.2, 0.25) is 0 Å². The lowest BCUT2D eigenvalue weighted by atomic mass is 10.1. The van der Waals surface area contributed by atoms with Gasteiger partial charge in [-0.05, 0) is 31.5 Å². The van der Waals surface area contributed by atoms with Crippen molar-refractivity contribution in [2.24, 2.45) is 5.73 Å². The van der Waals surface area contributed by atoms with E-state index < -0.39 is 0 Å². The van der Waals surface area contributed by atoms with E-state index >= 15 is 0 Å². The molecule has 84 valence electrons. The molecule has 2 nitrogen and oxygen atoms in total. The van der Waals surface area contributed by atoms with Crippen molar-refractivity contribution in [3.05, 3.63) is 42.5 Å². The Morgan fingerprint density at radius 3 is 2.20 bits per heavy atom. The molecule has 2 N–H and O–H groups in total. The third kappa shape index (κ3) is 4.36. The van der Waals surface area contributed by atoms with Crippen LogP contribution in [-0.2, 0) is 0 Å². The van der Waals surface area contributed by atoms with Crippen LogP contribution in [0.15, 0.2) is 36.9 Å². The third-order valence-corrected chi connectivity index (χ3v) is 1.89. The number of rotatable bonds is 4. The summed E-state index contributed by atoms with van der Waals surface area (Å²) in [6, 6.07) is 7.69. The molecule has 0 heterocycles. The molecule has 1 unspecified atom stereocenters. The highest BCUT2D eigenvalue weighted by Gasteiger charge is 2.01. The molecule has 0 amide bonds. The van der Waals surface area contributed by atoms with Gasteiger partial charge in [0.1, 0.15) is 5.75 Å². The Kier molecular flexibility index (Phi) is 6.06. The van der Waals surface area contributed by atoms with Crippen molar-refractivity contribution in [2.45, 2.75) is 26.0 Å². The molecule has 15 heavy (non-hydrogen) atoms. The van der Waals surface area contributed by atoms with Crippen LogP contribution in [0.1, 0.15) is 25.5 Å². The van der Waals surface area contributed by atoms with Gasteiger partial charge in [-0.2, -0.15) is 0 Å². The van der Waals surface area contributed by atoms with E-state index in [1.54, 1.807) is 6.08 Å². The first kappa shape index (κ1) is 14.0. The van der Waals surface area contributed by atoms with Crippen molar-refractivity contribution in [2.75, 3.05) is 0 Å². The number of hydrogen-bond donors (Lipinski definition) is 1. The highest BCUT2D eigenvalue weighted by atomic mass is 35.5. The van der Waals surface area contributed by atoms with Crippen LogP contribution >= 0.6 is 12.4 Å². The van der Waals surface area contributed by atoms with Crippen molar-refractivity contribution in [3.8, 4) is 5.75 Å². The van der Waals surface area contributed by atoms with Crippen LogP contribution in [0.5, 0.6) is 5.75 Å². The summed E-state index contributed by atoms with van der Waals surface area (Å²) in [5, 5.41) is 0. The molecule has 1 rings (SSSR count). The van der Waals surface area contributed by atoms with Gasteiger partial charge < -0.3 is 10.5 Å². The minimum absolute atomic E-state index is 0. The molecule has 0 radical (unpaired) electrons. The quantitative estimate of drug-likeness (QED) is 0.803. The lowest BCUT2D eigenvalue weighted by Crippen LogP contribution is -2.07. The maximum Gasteiger partial charge on any atom is 0.119 e. The van der Waals surface area contributed by atoms with Crippen LogP contribution in [0.3, 0.4) is 0 Å². The van der Waals surface area contributed by atoms with Crippen molar-refractivity contribution in [1.82, 2.24) is 0 Å². The average molecular weight is 228 g/mol. The standard InChI is InChI=1S/C12H17NO.ClH/c1-4-12(13)10-5-7-11(8-6-10)14-9(2)3;/h4-9,12H,1,13H2,2-3H3;1H. The van der Waals surface area contributed by atoms with E-state index in [1.165, 1.54) is 0 Å². The summed E-state index contributed by atoms with van der Waals surface area (Å²) in [7, 11) is 0. The van der Waals surface area contributed by atoms with Gasteiger partial charge in [-0.3, -0.25) is 0 Å². The Morgan fingerprint density at radius 2 is 1.80 bits per heavy atom. The number of hydrogen-bond acceptors (Lipinski definition) is 2. The second-order valence-electron chi connectivity index (χ2n) is 3.50. The highest BCUT2D eigenvalue weighted by molar-refractivity contribution is 5.85. The second-order valence-corrected chi connectivity index (χ2v) is 3.50. The molecular weight excluding hydrogens is 210 g/mol. The van der Waals surface area contributed by atoms with Crippen LogP contribution in [0, 0.1) is 0 Å². The van der Waals surface area contributed by atoms with E-state index in [-0.39, 0.29) is 24.6 Å². The molecule has 3 heteroatoms. The summed E-state index contributed by atoms with van der Waals surface area (Å²) >= 11 is 0. The van der Waals surface area contributed by atoms with Crippen molar-refractivity contribution < 1.29 is 4.74 Å². The molecule has 0 fully saturated rings. The Bertz CT molecular complexity index is 295. The monoisotopic (exact) mass is 227 g/mol. The SMILES string of the molecule is C=CC(N)c1ccc(OC(C)C)cc1.Cl. The first-order valence-corrected chi connectivity index (χ1v) is 4.78. The lowest BCUT2D eigenvalue weighted by Gasteiger charge is -2.11. The van der Waals surface area contributed by atoms with Gasteiger partial charge in [0, 0.05) is 6.04 Å². The Morgan fingerprint density at radius 1 is 1.27 bits per heavy atom. The van der Waals surface area contributed by atoms with E-state index in [9.17, 15) is 0 Å². The van der Waals surface area contributed by atoms with Gasteiger partial charge in [0.15, 0.2) is 0 Å². The normalized spacial score (nSPS) is 11.7. The van der Waals surface area contributed by atoms with E-state index in [4.69, 9.17) is 10.5 Å². The van der Waals surface area contributed by atoms with Crippen molar-refractivity contribution in [3.63, 3.8) is 0 Å². The van der Waals surface area contributed by atoms with Gasteiger partial charge in [0.2, 0.25) is 0 Å². The molecule has 0 aliphatic heterocycles. The summed E-state index contributed by atoms with van der Waals surface area (Å²) < 4.78 is 5.52. The fourth-order valence-electron chi connectivity index (χ4n) is 1.18. The third-order valence-electron chi connectivity index (χ3n) is 1.89. The molecule has 1 atom stereocenters. The van der Waals surface area contributed by atoms with E-state index in [0.29, 0.717) is 0 Å². The first-order valence-electron chi connectivity index (χ1n) is 4.78. The van der Waals surface area contributed by atoms with Crippen LogP contribution < -0.4 is 10.5 Å². The van der Waals surface area contributed by atoms with E-state index in [2.05, 4.69) is 6.58 Å². The minimum atomic E-state index is -0.0944. The molecule has 0 spiro atoms. The van der Waals surface area contributed by atoms with Gasteiger partial charge in [0.25, 0.3) is 0 Å². The molecule has 0 saturated carbocycles. The van der Waals surface area contributed by atoms with Crippen LogP contribution in [0.4, 0.5) is 0 Å². The highest BCUT2D eigenvalue weighted by Crippen LogP contribution is 2.17. The molecule has 0 aromatic heterocycles. The zero-order chi connectivity index (χ0) is 10.6. The van der Waals surface area contributed by atoms with Crippen LogP contribution in [0.25, 0.3) is 0 Å². The molecule has 1 aromatic carbocycles. The van der Waals surface area contributed by atoms with Gasteiger partial charge in [-0.1, -0.05) is 18.2 Å². The largest absolute Gasteiger partial charge is 0.491 e. The second kappa shape index (κ2) is 6.49. The van der Waals surface area contributed by atoms with E-state index in [1.807, 2.05) is 38.1 Å². The number of ether oxygens (including phenoxy) is 1. The van der Waals surface area contributed by atoms with E-state index in [0.717, 1.165) is 11.3 Å². The molecular formula is C12H18ClNO. The average Bonchev–Trinajstić information content (AvgIpc) is 2.17. The molecule has 0 bridgehead atoms. The zero-order valence-corrected chi connectivity index (χ0v) is 9.96. The number of nitrogens with two attached hydrogens (primary N) is 1. The molecule has 0 saturated heterocycles.